The molecule has 0 fully saturated rings. The van der Waals surface area contributed by atoms with Gasteiger partial charge in [0, 0.05) is 16.5 Å². The summed E-state index contributed by atoms with van der Waals surface area (Å²) in [4.78, 5) is 11.1. The Hall–Kier alpha value is -2.04. The average molecular weight is 233 g/mol. The van der Waals surface area contributed by atoms with Crippen molar-refractivity contribution in [2.24, 2.45) is 0 Å². The molecule has 1 aromatic heterocycles. The number of anilines is 1. The summed E-state index contributed by atoms with van der Waals surface area (Å²) in [6, 6.07) is 5.20. The summed E-state index contributed by atoms with van der Waals surface area (Å²) in [5, 5.41) is 14.1. The van der Waals surface area contributed by atoms with E-state index in [1.54, 1.807) is 12.1 Å². The van der Waals surface area contributed by atoms with Gasteiger partial charge in [-0.15, -0.1) is 0 Å². The monoisotopic (exact) mass is 233 g/mol. The highest BCUT2D eigenvalue weighted by Crippen LogP contribution is 2.30. The van der Waals surface area contributed by atoms with E-state index in [1.807, 2.05) is 26.8 Å². The summed E-state index contributed by atoms with van der Waals surface area (Å²) in [6.07, 6.45) is -1.10. The van der Waals surface area contributed by atoms with Crippen LogP contribution in [0.4, 0.5) is 10.5 Å². The van der Waals surface area contributed by atoms with Crippen molar-refractivity contribution in [3.63, 3.8) is 0 Å². The van der Waals surface area contributed by atoms with Crippen LogP contribution in [-0.2, 0) is 5.41 Å². The molecule has 0 radical (unpaired) electrons. The number of nitrogens with zero attached hydrogens (tertiary/aromatic N) is 2. The second kappa shape index (κ2) is 3.48. The molecule has 0 amide bonds. The summed E-state index contributed by atoms with van der Waals surface area (Å²) in [7, 11) is 0. The molecule has 2 rings (SSSR count). The Morgan fingerprint density at radius 3 is 2.59 bits per heavy atom. The predicted octanol–water partition coefficient (Wildman–Crippen LogP) is 2.44. The molecule has 0 bridgehead atoms. The smallest absolute Gasteiger partial charge is 0.432 e. The first-order chi connectivity index (χ1) is 7.80. The van der Waals surface area contributed by atoms with Gasteiger partial charge in [0.25, 0.3) is 0 Å². The molecule has 17 heavy (non-hydrogen) atoms. The fraction of sp³-hybridized carbons (Fsp3) is 0.333. The number of nitrogen functional groups attached to an aromatic ring is 1. The number of carboxylic acid groups (broad SMARTS) is 1. The molecule has 0 unspecified atom stereocenters. The summed E-state index contributed by atoms with van der Waals surface area (Å²) < 4.78 is 0.978. The van der Waals surface area contributed by atoms with Crippen LogP contribution in [0, 0.1) is 0 Å². The van der Waals surface area contributed by atoms with Crippen LogP contribution < -0.4 is 5.73 Å². The van der Waals surface area contributed by atoms with Crippen LogP contribution in [0.1, 0.15) is 26.5 Å². The fourth-order valence-electron chi connectivity index (χ4n) is 1.83. The lowest BCUT2D eigenvalue weighted by Gasteiger charge is -2.15. The third-order valence-electron chi connectivity index (χ3n) is 2.60. The van der Waals surface area contributed by atoms with Crippen molar-refractivity contribution in [2.45, 2.75) is 26.2 Å². The van der Waals surface area contributed by atoms with Crippen LogP contribution in [0.2, 0.25) is 0 Å². The van der Waals surface area contributed by atoms with Gasteiger partial charge in [-0.3, -0.25) is 0 Å². The molecule has 3 N–H and O–H groups in total. The molecule has 1 heterocycles. The SMILES string of the molecule is CC(C)(C)c1nn(C(=O)O)c2cc(N)ccc12. The van der Waals surface area contributed by atoms with Crippen LogP contribution in [-0.4, -0.2) is 21.0 Å². The second-order valence-corrected chi connectivity index (χ2v) is 5.07. The van der Waals surface area contributed by atoms with Gasteiger partial charge in [-0.05, 0) is 18.2 Å². The molecular weight excluding hydrogens is 218 g/mol. The minimum atomic E-state index is -1.10. The number of aromatic nitrogens is 2. The molecule has 0 spiro atoms. The van der Waals surface area contributed by atoms with Crippen LogP contribution in [0.25, 0.3) is 10.9 Å². The lowest BCUT2D eigenvalue weighted by molar-refractivity contribution is 0.193. The predicted molar refractivity (Wildman–Crippen MR) is 66.3 cm³/mol. The van der Waals surface area contributed by atoms with E-state index < -0.39 is 6.09 Å². The fourth-order valence-corrected chi connectivity index (χ4v) is 1.83. The van der Waals surface area contributed by atoms with E-state index in [2.05, 4.69) is 5.10 Å². The molecule has 5 heteroatoms. The zero-order valence-electron chi connectivity index (χ0n) is 10.1. The highest BCUT2D eigenvalue weighted by Gasteiger charge is 2.24. The summed E-state index contributed by atoms with van der Waals surface area (Å²) in [6.45, 7) is 5.99. The van der Waals surface area contributed by atoms with Crippen molar-refractivity contribution in [1.29, 1.82) is 0 Å². The van der Waals surface area contributed by atoms with Gasteiger partial charge in [0.05, 0.1) is 11.2 Å². The topological polar surface area (TPSA) is 81.1 Å². The van der Waals surface area contributed by atoms with E-state index >= 15 is 0 Å². The summed E-state index contributed by atoms with van der Waals surface area (Å²) >= 11 is 0. The Labute approximate surface area is 98.8 Å². The van der Waals surface area contributed by atoms with E-state index in [0.717, 1.165) is 15.8 Å². The van der Waals surface area contributed by atoms with Crippen molar-refractivity contribution in [3.8, 4) is 0 Å². The molecule has 0 saturated heterocycles. The number of nitrogens with two attached hydrogens (primary N) is 1. The third-order valence-corrected chi connectivity index (χ3v) is 2.60. The van der Waals surface area contributed by atoms with Gasteiger partial charge in [0.15, 0.2) is 0 Å². The Morgan fingerprint density at radius 2 is 2.06 bits per heavy atom. The zero-order chi connectivity index (χ0) is 12.8. The maximum Gasteiger partial charge on any atom is 0.432 e. The van der Waals surface area contributed by atoms with Gasteiger partial charge in [0.1, 0.15) is 0 Å². The second-order valence-electron chi connectivity index (χ2n) is 5.07. The standard InChI is InChI=1S/C12H15N3O2/c1-12(2,3)10-8-5-4-7(13)6-9(8)15(14-10)11(16)17/h4-6H,13H2,1-3H3,(H,16,17). The Bertz CT molecular complexity index is 594. The number of benzene rings is 1. The largest absolute Gasteiger partial charge is 0.463 e. The number of hydrogen-bond donors (Lipinski definition) is 2. The van der Waals surface area contributed by atoms with Crippen molar-refractivity contribution >= 4 is 22.7 Å². The molecule has 0 saturated carbocycles. The summed E-state index contributed by atoms with van der Waals surface area (Å²) in [5.41, 5.74) is 7.28. The number of fused-ring (bicyclic) bond motifs is 1. The van der Waals surface area contributed by atoms with Gasteiger partial charge in [-0.2, -0.15) is 9.78 Å². The summed E-state index contributed by atoms with van der Waals surface area (Å²) in [5.74, 6) is 0. The highest BCUT2D eigenvalue weighted by atomic mass is 16.4. The molecule has 0 aliphatic heterocycles. The molecular formula is C12H15N3O2. The third kappa shape index (κ3) is 1.84. The van der Waals surface area contributed by atoms with Gasteiger partial charge >= 0.3 is 6.09 Å². The molecule has 90 valence electrons. The van der Waals surface area contributed by atoms with Crippen LogP contribution in [0.3, 0.4) is 0 Å². The Morgan fingerprint density at radius 1 is 1.41 bits per heavy atom. The first-order valence-electron chi connectivity index (χ1n) is 5.33. The first kappa shape index (κ1) is 11.4. The van der Waals surface area contributed by atoms with E-state index in [0.29, 0.717) is 11.2 Å². The Kier molecular flexibility index (Phi) is 2.34. The maximum atomic E-state index is 11.1. The number of rotatable bonds is 0. The number of carbonyl (C=O) groups is 1. The van der Waals surface area contributed by atoms with Crippen molar-refractivity contribution in [3.05, 3.63) is 23.9 Å². The molecule has 1 aromatic carbocycles. The van der Waals surface area contributed by atoms with Crippen molar-refractivity contribution < 1.29 is 9.90 Å². The highest BCUT2D eigenvalue weighted by molar-refractivity contribution is 5.91. The van der Waals surface area contributed by atoms with Crippen molar-refractivity contribution in [1.82, 2.24) is 9.78 Å². The van der Waals surface area contributed by atoms with E-state index in [4.69, 9.17) is 10.8 Å². The first-order valence-corrected chi connectivity index (χ1v) is 5.33. The van der Waals surface area contributed by atoms with Gasteiger partial charge in [-0.1, -0.05) is 20.8 Å². The molecule has 5 nitrogen and oxygen atoms in total. The minimum absolute atomic E-state index is 0.213. The van der Waals surface area contributed by atoms with Crippen LogP contribution >= 0.6 is 0 Å². The van der Waals surface area contributed by atoms with Crippen LogP contribution in [0.5, 0.6) is 0 Å². The quantitative estimate of drug-likeness (QED) is 0.685. The molecule has 2 aromatic rings. The normalized spacial score (nSPS) is 11.9. The molecule has 0 atom stereocenters. The Balaban J connectivity index is 2.85. The lowest BCUT2D eigenvalue weighted by Crippen LogP contribution is -2.15. The minimum Gasteiger partial charge on any atom is -0.463 e. The molecule has 0 aliphatic rings. The maximum absolute atomic E-state index is 11.1. The molecule has 0 aliphatic carbocycles. The van der Waals surface area contributed by atoms with Crippen molar-refractivity contribution in [2.75, 3.05) is 5.73 Å². The van der Waals surface area contributed by atoms with Crippen LogP contribution in [0.15, 0.2) is 18.2 Å². The average Bonchev–Trinajstić information content (AvgIpc) is 2.55. The zero-order valence-corrected chi connectivity index (χ0v) is 10.1. The van der Waals surface area contributed by atoms with Gasteiger partial charge < -0.3 is 10.8 Å². The van der Waals surface area contributed by atoms with Gasteiger partial charge in [-0.25, -0.2) is 4.79 Å². The van der Waals surface area contributed by atoms with E-state index in [9.17, 15) is 4.79 Å². The van der Waals surface area contributed by atoms with Gasteiger partial charge in [0.2, 0.25) is 0 Å². The van der Waals surface area contributed by atoms with E-state index in [-0.39, 0.29) is 5.41 Å². The number of hydrogen-bond acceptors (Lipinski definition) is 3. The lowest BCUT2D eigenvalue weighted by atomic mass is 9.90. The van der Waals surface area contributed by atoms with E-state index in [1.165, 1.54) is 0 Å².